The van der Waals surface area contributed by atoms with Crippen molar-refractivity contribution in [3.8, 4) is 0 Å². The van der Waals surface area contributed by atoms with Gasteiger partial charge in [0.1, 0.15) is 0 Å². The van der Waals surface area contributed by atoms with Gasteiger partial charge in [-0.2, -0.15) is 0 Å². The number of aliphatic hydroxyl groups is 1. The second kappa shape index (κ2) is 7.48. The molecule has 1 rings (SSSR count). The first-order chi connectivity index (χ1) is 8.98. The molecule has 0 aliphatic rings. The molecule has 0 aliphatic heterocycles. The first-order valence-corrected chi connectivity index (χ1v) is 6.66. The number of hydrogen-bond acceptors (Lipinski definition) is 3. The molecular formula is C14H20ClNO3. The minimum atomic E-state index is -0.970. The molecule has 0 fully saturated rings. The Morgan fingerprint density at radius 3 is 2.58 bits per heavy atom. The van der Waals surface area contributed by atoms with Gasteiger partial charge in [-0.05, 0) is 24.6 Å². The van der Waals surface area contributed by atoms with Crippen LogP contribution < -0.4 is 5.32 Å². The minimum Gasteiger partial charge on any atom is -0.388 e. The smallest absolute Gasteiger partial charge is 0.251 e. The predicted molar refractivity (Wildman–Crippen MR) is 75.4 cm³/mol. The van der Waals surface area contributed by atoms with Gasteiger partial charge < -0.3 is 15.2 Å². The van der Waals surface area contributed by atoms with Crippen molar-refractivity contribution < 1.29 is 14.6 Å². The van der Waals surface area contributed by atoms with Gasteiger partial charge in [-0.1, -0.05) is 12.1 Å². The van der Waals surface area contributed by atoms with E-state index in [4.69, 9.17) is 16.3 Å². The van der Waals surface area contributed by atoms with Crippen molar-refractivity contribution in [3.63, 3.8) is 0 Å². The zero-order valence-corrected chi connectivity index (χ0v) is 12.0. The Kier molecular flexibility index (Phi) is 6.28. The maximum atomic E-state index is 11.9. The summed E-state index contributed by atoms with van der Waals surface area (Å²) in [7, 11) is 1.58. The van der Waals surface area contributed by atoms with Crippen molar-refractivity contribution in [2.45, 2.75) is 24.8 Å². The predicted octanol–water partition coefficient (Wildman–Crippen LogP) is 1.94. The fourth-order valence-corrected chi connectivity index (χ4v) is 1.71. The molecule has 0 aliphatic carbocycles. The van der Waals surface area contributed by atoms with Crippen LogP contribution in [-0.4, -0.2) is 36.9 Å². The lowest BCUT2D eigenvalue weighted by molar-refractivity contribution is 0.0243. The third kappa shape index (κ3) is 5.59. The molecule has 106 valence electrons. The fraction of sp³-hybridized carbons (Fsp3) is 0.500. The molecule has 0 saturated carbocycles. The van der Waals surface area contributed by atoms with Crippen LogP contribution >= 0.6 is 11.6 Å². The number of ether oxygens (including phenoxy) is 1. The summed E-state index contributed by atoms with van der Waals surface area (Å²) in [5.41, 5.74) is 0.545. The standard InChI is InChI=1S/C14H20ClNO3/c1-14(18,7-8-19-2)10-16-13(17)12-5-3-11(9-15)4-6-12/h3-6,18H,7-10H2,1-2H3,(H,16,17). The van der Waals surface area contributed by atoms with Gasteiger partial charge in [0, 0.05) is 38.1 Å². The number of benzene rings is 1. The number of rotatable bonds is 7. The molecule has 1 atom stereocenters. The van der Waals surface area contributed by atoms with E-state index >= 15 is 0 Å². The molecule has 1 aromatic rings. The van der Waals surface area contributed by atoms with E-state index in [1.165, 1.54) is 0 Å². The van der Waals surface area contributed by atoms with Crippen LogP contribution in [0.3, 0.4) is 0 Å². The van der Waals surface area contributed by atoms with Crippen LogP contribution in [0.4, 0.5) is 0 Å². The van der Waals surface area contributed by atoms with E-state index in [1.807, 2.05) is 12.1 Å². The monoisotopic (exact) mass is 285 g/mol. The molecule has 0 aromatic heterocycles. The van der Waals surface area contributed by atoms with Crippen molar-refractivity contribution in [2.75, 3.05) is 20.3 Å². The lowest BCUT2D eigenvalue weighted by Gasteiger charge is -2.23. The van der Waals surface area contributed by atoms with Gasteiger partial charge in [-0.15, -0.1) is 11.6 Å². The highest BCUT2D eigenvalue weighted by Gasteiger charge is 2.21. The van der Waals surface area contributed by atoms with E-state index in [9.17, 15) is 9.90 Å². The molecule has 0 radical (unpaired) electrons. The number of carbonyl (C=O) groups is 1. The molecule has 0 heterocycles. The van der Waals surface area contributed by atoms with E-state index < -0.39 is 5.60 Å². The lowest BCUT2D eigenvalue weighted by Crippen LogP contribution is -2.41. The summed E-state index contributed by atoms with van der Waals surface area (Å²) < 4.78 is 4.91. The molecule has 0 saturated heterocycles. The van der Waals surface area contributed by atoms with Gasteiger partial charge in [-0.25, -0.2) is 0 Å². The Bertz CT molecular complexity index is 404. The fourth-order valence-electron chi connectivity index (χ4n) is 1.53. The third-order valence-corrected chi connectivity index (χ3v) is 3.15. The Labute approximate surface area is 118 Å². The van der Waals surface area contributed by atoms with E-state index in [1.54, 1.807) is 26.2 Å². The molecule has 4 nitrogen and oxygen atoms in total. The largest absolute Gasteiger partial charge is 0.388 e. The summed E-state index contributed by atoms with van der Waals surface area (Å²) in [6.45, 7) is 2.31. The summed E-state index contributed by atoms with van der Waals surface area (Å²) in [5.74, 6) is 0.215. The Hall–Kier alpha value is -1.10. The van der Waals surface area contributed by atoms with Crippen LogP contribution in [0.1, 0.15) is 29.3 Å². The highest BCUT2D eigenvalue weighted by atomic mass is 35.5. The second-order valence-corrected chi connectivity index (χ2v) is 5.02. The van der Waals surface area contributed by atoms with Crippen LogP contribution in [0.15, 0.2) is 24.3 Å². The number of amides is 1. The van der Waals surface area contributed by atoms with Crippen LogP contribution in [-0.2, 0) is 10.6 Å². The number of carbonyl (C=O) groups excluding carboxylic acids is 1. The summed E-state index contributed by atoms with van der Waals surface area (Å²) >= 11 is 5.68. The van der Waals surface area contributed by atoms with Gasteiger partial charge in [0.15, 0.2) is 0 Å². The normalized spacial score (nSPS) is 13.9. The van der Waals surface area contributed by atoms with Gasteiger partial charge in [0.25, 0.3) is 5.91 Å². The highest BCUT2D eigenvalue weighted by molar-refractivity contribution is 6.17. The van der Waals surface area contributed by atoms with Crippen molar-refractivity contribution >= 4 is 17.5 Å². The Morgan fingerprint density at radius 1 is 1.42 bits per heavy atom. The van der Waals surface area contributed by atoms with Crippen LogP contribution in [0.5, 0.6) is 0 Å². The summed E-state index contributed by atoms with van der Waals surface area (Å²) in [5, 5.41) is 12.7. The molecule has 0 bridgehead atoms. The number of hydrogen-bond donors (Lipinski definition) is 2. The number of alkyl halides is 1. The summed E-state index contributed by atoms with van der Waals surface area (Å²) in [6.07, 6.45) is 0.467. The number of nitrogens with one attached hydrogen (secondary N) is 1. The van der Waals surface area contributed by atoms with E-state index in [-0.39, 0.29) is 12.5 Å². The molecule has 1 unspecified atom stereocenters. The zero-order valence-electron chi connectivity index (χ0n) is 11.3. The van der Waals surface area contributed by atoms with E-state index in [0.29, 0.717) is 24.5 Å². The first-order valence-electron chi connectivity index (χ1n) is 6.13. The zero-order chi connectivity index (χ0) is 14.3. The van der Waals surface area contributed by atoms with Crippen molar-refractivity contribution in [3.05, 3.63) is 35.4 Å². The van der Waals surface area contributed by atoms with E-state index in [2.05, 4.69) is 5.32 Å². The molecule has 1 aromatic carbocycles. The minimum absolute atomic E-state index is 0.187. The average Bonchev–Trinajstić information content (AvgIpc) is 2.43. The van der Waals surface area contributed by atoms with Crippen molar-refractivity contribution in [1.82, 2.24) is 5.32 Å². The van der Waals surface area contributed by atoms with Gasteiger partial charge in [0.2, 0.25) is 0 Å². The Morgan fingerprint density at radius 2 is 2.05 bits per heavy atom. The highest BCUT2D eigenvalue weighted by Crippen LogP contribution is 2.09. The van der Waals surface area contributed by atoms with Gasteiger partial charge in [-0.3, -0.25) is 4.79 Å². The van der Waals surface area contributed by atoms with Gasteiger partial charge in [0.05, 0.1) is 5.60 Å². The molecular weight excluding hydrogens is 266 g/mol. The molecule has 19 heavy (non-hydrogen) atoms. The van der Waals surface area contributed by atoms with E-state index in [0.717, 1.165) is 5.56 Å². The molecule has 5 heteroatoms. The molecule has 0 spiro atoms. The number of methoxy groups -OCH3 is 1. The summed E-state index contributed by atoms with van der Waals surface area (Å²) in [6, 6.07) is 7.06. The third-order valence-electron chi connectivity index (χ3n) is 2.84. The summed E-state index contributed by atoms with van der Waals surface area (Å²) in [4.78, 5) is 11.9. The maximum absolute atomic E-state index is 11.9. The average molecular weight is 286 g/mol. The maximum Gasteiger partial charge on any atom is 0.251 e. The van der Waals surface area contributed by atoms with Crippen LogP contribution in [0.25, 0.3) is 0 Å². The topological polar surface area (TPSA) is 58.6 Å². The number of halogens is 1. The van der Waals surface area contributed by atoms with Crippen molar-refractivity contribution in [2.24, 2.45) is 0 Å². The Balaban J connectivity index is 2.50. The lowest BCUT2D eigenvalue weighted by atomic mass is 10.0. The van der Waals surface area contributed by atoms with Crippen molar-refractivity contribution in [1.29, 1.82) is 0 Å². The SMILES string of the molecule is COCCC(C)(O)CNC(=O)c1ccc(CCl)cc1. The van der Waals surface area contributed by atoms with Crippen LogP contribution in [0.2, 0.25) is 0 Å². The first kappa shape index (κ1) is 16.0. The second-order valence-electron chi connectivity index (χ2n) is 4.75. The molecule has 2 N–H and O–H groups in total. The quantitative estimate of drug-likeness (QED) is 0.753. The molecule has 1 amide bonds. The van der Waals surface area contributed by atoms with Crippen LogP contribution in [0, 0.1) is 0 Å². The van der Waals surface area contributed by atoms with Gasteiger partial charge >= 0.3 is 0 Å².